The molecule has 0 saturated heterocycles. The van der Waals surface area contributed by atoms with Crippen LogP contribution in [0.25, 0.3) is 10.2 Å². The van der Waals surface area contributed by atoms with Crippen LogP contribution in [0.5, 0.6) is 0 Å². The number of rotatable bonds is 7. The summed E-state index contributed by atoms with van der Waals surface area (Å²) in [7, 11) is 1.93. The summed E-state index contributed by atoms with van der Waals surface area (Å²) in [6.07, 6.45) is 1.69. The Balaban J connectivity index is 1.81. The van der Waals surface area contributed by atoms with Crippen molar-refractivity contribution in [3.05, 3.63) is 47.2 Å². The van der Waals surface area contributed by atoms with Crippen LogP contribution >= 0.6 is 11.3 Å². The quantitative estimate of drug-likeness (QED) is 0.680. The average molecular weight is 352 g/mol. The molecule has 0 aliphatic carbocycles. The number of anilines is 1. The van der Waals surface area contributed by atoms with Gasteiger partial charge < -0.3 is 10.6 Å². The molecule has 2 atom stereocenters. The van der Waals surface area contributed by atoms with Gasteiger partial charge in [0.1, 0.15) is 10.9 Å². The molecule has 25 heavy (non-hydrogen) atoms. The minimum absolute atomic E-state index is 0.452. The lowest BCUT2D eigenvalue weighted by Crippen LogP contribution is -2.23. The lowest BCUT2D eigenvalue weighted by Gasteiger charge is -2.12. The molecule has 2 heterocycles. The summed E-state index contributed by atoms with van der Waals surface area (Å²) in [5, 5.41) is 16.8. The van der Waals surface area contributed by atoms with Crippen LogP contribution in [-0.4, -0.2) is 35.1 Å². The molecule has 0 aliphatic rings. The van der Waals surface area contributed by atoms with Gasteiger partial charge >= 0.3 is 0 Å². The van der Waals surface area contributed by atoms with Crippen molar-refractivity contribution in [2.24, 2.45) is 5.92 Å². The van der Waals surface area contributed by atoms with E-state index in [0.29, 0.717) is 17.6 Å². The lowest BCUT2D eigenvalue weighted by atomic mass is 10.1. The van der Waals surface area contributed by atoms with Gasteiger partial charge in [0, 0.05) is 12.7 Å². The molecule has 2 aromatic heterocycles. The van der Waals surface area contributed by atoms with Crippen LogP contribution in [0.2, 0.25) is 0 Å². The summed E-state index contributed by atoms with van der Waals surface area (Å²) in [6, 6.07) is 12.0. The van der Waals surface area contributed by atoms with E-state index < -0.39 is 5.92 Å². The van der Waals surface area contributed by atoms with Gasteiger partial charge in [-0.1, -0.05) is 19.1 Å². The van der Waals surface area contributed by atoms with Crippen LogP contribution in [0.15, 0.2) is 36.5 Å². The average Bonchev–Trinajstić information content (AvgIpc) is 3.05. The van der Waals surface area contributed by atoms with Crippen molar-refractivity contribution in [2.75, 3.05) is 25.5 Å². The molecule has 0 spiro atoms. The van der Waals surface area contributed by atoms with Crippen LogP contribution in [0.3, 0.4) is 0 Å². The highest BCUT2D eigenvalue weighted by Crippen LogP contribution is 2.30. The molecule has 0 amide bonds. The standard InChI is InChI=1S/C18H20N6S/c1-12(10-20-2)11-22-18-21-8-7-14(24-18)13(9-19)17-23-15-5-3-4-6-16(15)25-17/h3-8,12-13,20H,10-11H2,1-2H3,(H,21,22,24). The largest absolute Gasteiger partial charge is 0.354 e. The van der Waals surface area contributed by atoms with Crippen molar-refractivity contribution >= 4 is 27.5 Å². The van der Waals surface area contributed by atoms with E-state index in [9.17, 15) is 5.26 Å². The van der Waals surface area contributed by atoms with Gasteiger partial charge in [-0.15, -0.1) is 11.3 Å². The molecule has 128 valence electrons. The van der Waals surface area contributed by atoms with E-state index in [4.69, 9.17) is 0 Å². The Kier molecular flexibility index (Phi) is 5.53. The maximum absolute atomic E-state index is 9.66. The van der Waals surface area contributed by atoms with Crippen LogP contribution in [0, 0.1) is 17.2 Å². The van der Waals surface area contributed by atoms with E-state index in [1.807, 2.05) is 31.3 Å². The molecule has 1 aromatic carbocycles. The lowest BCUT2D eigenvalue weighted by molar-refractivity contribution is 0.567. The number of nitrogens with one attached hydrogen (secondary N) is 2. The van der Waals surface area contributed by atoms with E-state index in [-0.39, 0.29) is 0 Å². The highest BCUT2D eigenvalue weighted by Gasteiger charge is 2.20. The Hall–Kier alpha value is -2.56. The predicted octanol–water partition coefficient (Wildman–Crippen LogP) is 3.01. The molecule has 2 N–H and O–H groups in total. The van der Waals surface area contributed by atoms with Crippen molar-refractivity contribution in [3.8, 4) is 6.07 Å². The second kappa shape index (κ2) is 8.01. The number of thiazole rings is 1. The third-order valence-corrected chi connectivity index (χ3v) is 4.92. The molecule has 0 saturated carbocycles. The highest BCUT2D eigenvalue weighted by atomic mass is 32.1. The Morgan fingerprint density at radius 3 is 2.80 bits per heavy atom. The summed E-state index contributed by atoms with van der Waals surface area (Å²) in [5.74, 6) is 0.505. The maximum Gasteiger partial charge on any atom is 0.222 e. The van der Waals surface area contributed by atoms with Crippen molar-refractivity contribution < 1.29 is 0 Å². The van der Waals surface area contributed by atoms with Gasteiger partial charge in [0.25, 0.3) is 0 Å². The number of nitrogens with zero attached hydrogens (tertiary/aromatic N) is 4. The molecule has 0 bridgehead atoms. The Labute approximate surface area is 151 Å². The minimum Gasteiger partial charge on any atom is -0.354 e. The highest BCUT2D eigenvalue weighted by molar-refractivity contribution is 7.18. The number of benzene rings is 1. The Morgan fingerprint density at radius 2 is 2.04 bits per heavy atom. The third kappa shape index (κ3) is 4.10. The summed E-state index contributed by atoms with van der Waals surface area (Å²) < 4.78 is 1.08. The first-order valence-corrected chi connectivity index (χ1v) is 8.99. The fourth-order valence-corrected chi connectivity index (χ4v) is 3.59. The van der Waals surface area contributed by atoms with Crippen LogP contribution in [-0.2, 0) is 0 Å². The van der Waals surface area contributed by atoms with Crippen molar-refractivity contribution in [3.63, 3.8) is 0 Å². The van der Waals surface area contributed by atoms with Crippen molar-refractivity contribution in [1.29, 1.82) is 5.26 Å². The summed E-state index contributed by atoms with van der Waals surface area (Å²) in [4.78, 5) is 13.4. The smallest absolute Gasteiger partial charge is 0.222 e. The molecule has 3 aromatic rings. The van der Waals surface area contributed by atoms with Crippen molar-refractivity contribution in [2.45, 2.75) is 12.8 Å². The molecular weight excluding hydrogens is 332 g/mol. The van der Waals surface area contributed by atoms with Gasteiger partial charge in [0.2, 0.25) is 5.95 Å². The fraction of sp³-hybridized carbons (Fsp3) is 0.333. The fourth-order valence-electron chi connectivity index (χ4n) is 2.57. The maximum atomic E-state index is 9.66. The zero-order valence-corrected chi connectivity index (χ0v) is 15.0. The minimum atomic E-state index is -0.490. The number of aromatic nitrogens is 3. The molecule has 0 radical (unpaired) electrons. The number of fused-ring (bicyclic) bond motifs is 1. The van der Waals surface area contributed by atoms with E-state index in [1.165, 1.54) is 11.3 Å². The van der Waals surface area contributed by atoms with Gasteiger partial charge in [-0.25, -0.2) is 15.0 Å². The van der Waals surface area contributed by atoms with E-state index >= 15 is 0 Å². The summed E-state index contributed by atoms with van der Waals surface area (Å²) in [6.45, 7) is 3.83. The second-order valence-electron chi connectivity index (χ2n) is 5.93. The number of para-hydroxylation sites is 1. The van der Waals surface area contributed by atoms with Gasteiger partial charge in [0.05, 0.1) is 22.0 Å². The first-order valence-electron chi connectivity index (χ1n) is 8.17. The Bertz CT molecular complexity index is 851. The van der Waals surface area contributed by atoms with Gasteiger partial charge in [0.15, 0.2) is 0 Å². The molecule has 0 fully saturated rings. The monoisotopic (exact) mass is 352 g/mol. The van der Waals surface area contributed by atoms with Gasteiger partial charge in [-0.05, 0) is 37.7 Å². The second-order valence-corrected chi connectivity index (χ2v) is 6.99. The Morgan fingerprint density at radius 1 is 1.20 bits per heavy atom. The number of nitriles is 1. The zero-order valence-electron chi connectivity index (χ0n) is 14.2. The molecule has 7 heteroatoms. The molecular formula is C18H20N6S. The topological polar surface area (TPSA) is 86.5 Å². The van der Waals surface area contributed by atoms with Gasteiger partial charge in [-0.3, -0.25) is 0 Å². The first kappa shape index (κ1) is 17.3. The SMILES string of the molecule is CNCC(C)CNc1nccc(C(C#N)c2nc3ccccc3s2)n1. The summed E-state index contributed by atoms with van der Waals surface area (Å²) >= 11 is 1.53. The zero-order chi connectivity index (χ0) is 17.6. The first-order chi connectivity index (χ1) is 12.2. The summed E-state index contributed by atoms with van der Waals surface area (Å²) in [5.41, 5.74) is 1.58. The van der Waals surface area contributed by atoms with Crippen LogP contribution < -0.4 is 10.6 Å². The molecule has 3 rings (SSSR count). The molecule has 0 aliphatic heterocycles. The third-order valence-electron chi connectivity index (χ3n) is 3.82. The van der Waals surface area contributed by atoms with E-state index in [2.05, 4.69) is 38.6 Å². The van der Waals surface area contributed by atoms with Crippen LogP contribution in [0.1, 0.15) is 23.5 Å². The molecule has 6 nitrogen and oxygen atoms in total. The normalized spacial score (nSPS) is 13.3. The number of hydrogen-bond acceptors (Lipinski definition) is 7. The van der Waals surface area contributed by atoms with Crippen LogP contribution in [0.4, 0.5) is 5.95 Å². The number of hydrogen-bond donors (Lipinski definition) is 2. The van der Waals surface area contributed by atoms with E-state index in [1.54, 1.807) is 12.3 Å². The van der Waals surface area contributed by atoms with Gasteiger partial charge in [-0.2, -0.15) is 5.26 Å². The molecule has 2 unspecified atom stereocenters. The predicted molar refractivity (Wildman–Crippen MR) is 101 cm³/mol. The van der Waals surface area contributed by atoms with Crippen molar-refractivity contribution in [1.82, 2.24) is 20.3 Å². The van der Waals surface area contributed by atoms with E-state index in [0.717, 1.165) is 28.3 Å².